The first-order valence-electron chi connectivity index (χ1n) is 7.10. The molecule has 1 atom stereocenters. The van der Waals surface area contributed by atoms with Crippen LogP contribution >= 0.6 is 0 Å². The van der Waals surface area contributed by atoms with Crippen LogP contribution in [0.2, 0.25) is 0 Å². The summed E-state index contributed by atoms with van der Waals surface area (Å²) in [5, 5.41) is 14.5. The molecule has 1 saturated heterocycles. The number of carboxylic acids is 1. The topological polar surface area (TPSA) is 81.7 Å². The first kappa shape index (κ1) is 15.3. The van der Waals surface area contributed by atoms with E-state index in [0.29, 0.717) is 19.1 Å². The maximum atomic E-state index is 11.7. The molecule has 0 bridgehead atoms. The van der Waals surface area contributed by atoms with Crippen LogP contribution in [0.3, 0.4) is 0 Å². The number of urea groups is 1. The number of rotatable bonds is 5. The molecule has 2 amide bonds. The smallest absolute Gasteiger partial charge is 0.335 e. The summed E-state index contributed by atoms with van der Waals surface area (Å²) in [5.74, 6) is -0.967. The normalized spacial score (nSPS) is 18.4. The van der Waals surface area contributed by atoms with Crippen molar-refractivity contribution in [2.75, 3.05) is 20.1 Å². The molecule has 114 valence electrons. The zero-order chi connectivity index (χ0) is 15.2. The Kier molecular flexibility index (Phi) is 5.16. The molecule has 6 nitrogen and oxygen atoms in total. The summed E-state index contributed by atoms with van der Waals surface area (Å²) in [7, 11) is 2.06. The molecule has 1 aromatic rings. The van der Waals surface area contributed by atoms with Gasteiger partial charge in [0.25, 0.3) is 0 Å². The zero-order valence-electron chi connectivity index (χ0n) is 12.1. The van der Waals surface area contributed by atoms with Gasteiger partial charge < -0.3 is 20.6 Å². The molecule has 0 spiro atoms. The van der Waals surface area contributed by atoms with E-state index in [9.17, 15) is 9.59 Å². The van der Waals surface area contributed by atoms with Crippen LogP contribution in [0.25, 0.3) is 0 Å². The maximum Gasteiger partial charge on any atom is 0.335 e. The number of hydrogen-bond acceptors (Lipinski definition) is 3. The van der Waals surface area contributed by atoms with Gasteiger partial charge in [0.1, 0.15) is 0 Å². The van der Waals surface area contributed by atoms with Crippen molar-refractivity contribution in [2.45, 2.75) is 25.4 Å². The number of carbonyl (C=O) groups is 2. The molecule has 1 heterocycles. The second kappa shape index (κ2) is 7.08. The van der Waals surface area contributed by atoms with Gasteiger partial charge in [0, 0.05) is 19.1 Å². The summed E-state index contributed by atoms with van der Waals surface area (Å²) in [6.45, 7) is 2.03. The number of hydrogen-bond donors (Lipinski definition) is 3. The highest BCUT2D eigenvalue weighted by molar-refractivity contribution is 5.87. The minimum Gasteiger partial charge on any atom is -0.478 e. The molecular weight excluding hydrogens is 270 g/mol. The van der Waals surface area contributed by atoms with Crippen molar-refractivity contribution < 1.29 is 14.7 Å². The monoisotopic (exact) mass is 291 g/mol. The van der Waals surface area contributed by atoms with Crippen molar-refractivity contribution >= 4 is 12.0 Å². The third-order valence-electron chi connectivity index (χ3n) is 3.80. The SMILES string of the molecule is CN1CCCC1CNC(=O)NCc1cccc(C(=O)O)c1. The molecule has 1 aliphatic heterocycles. The molecule has 0 radical (unpaired) electrons. The molecule has 1 aliphatic rings. The lowest BCUT2D eigenvalue weighted by molar-refractivity contribution is 0.0696. The second-order valence-electron chi connectivity index (χ2n) is 5.35. The van der Waals surface area contributed by atoms with Crippen LogP contribution in [-0.4, -0.2) is 48.2 Å². The van der Waals surface area contributed by atoms with Gasteiger partial charge in [0.2, 0.25) is 0 Å². The molecule has 1 fully saturated rings. The van der Waals surface area contributed by atoms with E-state index in [0.717, 1.165) is 18.5 Å². The lowest BCUT2D eigenvalue weighted by Gasteiger charge is -2.19. The predicted octanol–water partition coefficient (Wildman–Crippen LogP) is 1.28. The van der Waals surface area contributed by atoms with E-state index in [1.807, 2.05) is 0 Å². The Morgan fingerprint density at radius 3 is 2.86 bits per heavy atom. The van der Waals surface area contributed by atoms with Crippen LogP contribution in [0.1, 0.15) is 28.8 Å². The summed E-state index contributed by atoms with van der Waals surface area (Å²) in [6, 6.07) is 6.74. The Morgan fingerprint density at radius 2 is 2.19 bits per heavy atom. The molecule has 2 rings (SSSR count). The second-order valence-corrected chi connectivity index (χ2v) is 5.35. The van der Waals surface area contributed by atoms with Gasteiger partial charge in [-0.1, -0.05) is 12.1 Å². The van der Waals surface area contributed by atoms with Crippen molar-refractivity contribution in [3.8, 4) is 0 Å². The Labute approximate surface area is 124 Å². The standard InChI is InChI=1S/C15H21N3O3/c1-18-7-3-6-13(18)10-17-15(21)16-9-11-4-2-5-12(8-11)14(19)20/h2,4-5,8,13H,3,6-7,9-10H2,1H3,(H,19,20)(H2,16,17,21). The number of aromatic carboxylic acids is 1. The molecule has 0 aliphatic carbocycles. The van der Waals surface area contributed by atoms with Gasteiger partial charge >= 0.3 is 12.0 Å². The molecule has 1 aromatic carbocycles. The first-order chi connectivity index (χ1) is 10.1. The van der Waals surface area contributed by atoms with Crippen LogP contribution in [0.5, 0.6) is 0 Å². The van der Waals surface area contributed by atoms with Crippen LogP contribution in [0, 0.1) is 0 Å². The Hall–Kier alpha value is -2.08. The van der Waals surface area contributed by atoms with Gasteiger partial charge in [-0.15, -0.1) is 0 Å². The average Bonchev–Trinajstić information content (AvgIpc) is 2.88. The Balaban J connectivity index is 1.76. The molecule has 6 heteroatoms. The number of amides is 2. The maximum absolute atomic E-state index is 11.7. The van der Waals surface area contributed by atoms with E-state index in [2.05, 4.69) is 22.6 Å². The van der Waals surface area contributed by atoms with Gasteiger partial charge in [0.15, 0.2) is 0 Å². The largest absolute Gasteiger partial charge is 0.478 e. The Morgan fingerprint density at radius 1 is 1.38 bits per heavy atom. The highest BCUT2D eigenvalue weighted by atomic mass is 16.4. The number of carboxylic acid groups (broad SMARTS) is 1. The van der Waals surface area contributed by atoms with Gasteiger partial charge in [0.05, 0.1) is 5.56 Å². The highest BCUT2D eigenvalue weighted by Gasteiger charge is 2.20. The van der Waals surface area contributed by atoms with Crippen molar-refractivity contribution in [3.05, 3.63) is 35.4 Å². The fraction of sp³-hybridized carbons (Fsp3) is 0.467. The van der Waals surface area contributed by atoms with Crippen molar-refractivity contribution in [1.82, 2.24) is 15.5 Å². The van der Waals surface area contributed by atoms with E-state index < -0.39 is 5.97 Å². The third kappa shape index (κ3) is 4.46. The first-order valence-corrected chi connectivity index (χ1v) is 7.10. The number of likely N-dealkylation sites (N-methyl/N-ethyl adjacent to an activating group) is 1. The third-order valence-corrected chi connectivity index (χ3v) is 3.80. The van der Waals surface area contributed by atoms with Crippen LogP contribution in [-0.2, 0) is 6.54 Å². The van der Waals surface area contributed by atoms with Crippen LogP contribution in [0.15, 0.2) is 24.3 Å². The fourth-order valence-corrected chi connectivity index (χ4v) is 2.51. The summed E-state index contributed by atoms with van der Waals surface area (Å²) >= 11 is 0. The summed E-state index contributed by atoms with van der Waals surface area (Å²) < 4.78 is 0. The van der Waals surface area contributed by atoms with Crippen molar-refractivity contribution in [2.24, 2.45) is 0 Å². The van der Waals surface area contributed by atoms with Crippen LogP contribution < -0.4 is 10.6 Å². The van der Waals surface area contributed by atoms with E-state index in [1.54, 1.807) is 18.2 Å². The van der Waals surface area contributed by atoms with Crippen molar-refractivity contribution in [1.29, 1.82) is 0 Å². The number of nitrogens with one attached hydrogen (secondary N) is 2. The lowest BCUT2D eigenvalue weighted by Crippen LogP contribution is -2.42. The fourth-order valence-electron chi connectivity index (χ4n) is 2.51. The van der Waals surface area contributed by atoms with Gasteiger partial charge in [-0.25, -0.2) is 9.59 Å². The minimum absolute atomic E-state index is 0.224. The lowest BCUT2D eigenvalue weighted by atomic mass is 10.1. The highest BCUT2D eigenvalue weighted by Crippen LogP contribution is 2.13. The summed E-state index contributed by atoms with van der Waals surface area (Å²) in [4.78, 5) is 24.9. The van der Waals surface area contributed by atoms with Crippen molar-refractivity contribution in [3.63, 3.8) is 0 Å². The predicted molar refractivity (Wildman–Crippen MR) is 79.3 cm³/mol. The molecule has 0 saturated carbocycles. The van der Waals surface area contributed by atoms with Crippen LogP contribution in [0.4, 0.5) is 4.79 Å². The quantitative estimate of drug-likeness (QED) is 0.763. The molecular formula is C15H21N3O3. The number of likely N-dealkylation sites (tertiary alicyclic amines) is 1. The summed E-state index contributed by atoms with van der Waals surface area (Å²) in [5.41, 5.74) is 0.991. The van der Waals surface area contributed by atoms with E-state index >= 15 is 0 Å². The number of benzene rings is 1. The molecule has 1 unspecified atom stereocenters. The average molecular weight is 291 g/mol. The van der Waals surface area contributed by atoms with E-state index in [1.165, 1.54) is 12.5 Å². The zero-order valence-corrected chi connectivity index (χ0v) is 12.1. The summed E-state index contributed by atoms with van der Waals surface area (Å²) in [6.07, 6.45) is 2.28. The molecule has 21 heavy (non-hydrogen) atoms. The van der Waals surface area contributed by atoms with Gasteiger partial charge in [-0.3, -0.25) is 0 Å². The number of carbonyl (C=O) groups excluding carboxylic acids is 1. The van der Waals surface area contributed by atoms with Gasteiger partial charge in [-0.2, -0.15) is 0 Å². The minimum atomic E-state index is -0.967. The number of nitrogens with zero attached hydrogens (tertiary/aromatic N) is 1. The van der Waals surface area contributed by atoms with E-state index in [-0.39, 0.29) is 11.6 Å². The molecule has 3 N–H and O–H groups in total. The van der Waals surface area contributed by atoms with E-state index in [4.69, 9.17) is 5.11 Å². The Bertz CT molecular complexity index is 519. The van der Waals surface area contributed by atoms with Gasteiger partial charge in [-0.05, 0) is 44.1 Å². The molecule has 0 aromatic heterocycles.